The van der Waals surface area contributed by atoms with Crippen LogP contribution in [0.5, 0.6) is 5.75 Å². The largest absolute Gasteiger partial charge is 0.492 e. The number of halogens is 2. The average Bonchev–Trinajstić information content (AvgIpc) is 2.64. The molecule has 1 aliphatic rings. The fourth-order valence-electron chi connectivity index (χ4n) is 2.76. The Hall–Kier alpha value is -3.16. The van der Waals surface area contributed by atoms with Crippen molar-refractivity contribution in [1.82, 2.24) is 10.6 Å². The summed E-state index contributed by atoms with van der Waals surface area (Å²) >= 11 is 0. The van der Waals surface area contributed by atoms with Crippen molar-refractivity contribution in [2.75, 3.05) is 19.0 Å². The highest BCUT2D eigenvalue weighted by Gasteiger charge is 2.27. The fraction of sp³-hybridized carbons (Fsp3) is 0.222. The molecule has 2 aromatic carbocycles. The number of nitrogens with one attached hydrogen (secondary N) is 3. The predicted octanol–water partition coefficient (Wildman–Crippen LogP) is 2.97. The second kappa shape index (κ2) is 7.38. The Morgan fingerprint density at radius 1 is 1.15 bits per heavy atom. The summed E-state index contributed by atoms with van der Waals surface area (Å²) in [6.07, 6.45) is 0.564. The van der Waals surface area contributed by atoms with Gasteiger partial charge in [-0.05, 0) is 18.2 Å². The Morgan fingerprint density at radius 2 is 1.96 bits per heavy atom. The Bertz CT molecular complexity index is 858. The van der Waals surface area contributed by atoms with Crippen molar-refractivity contribution < 1.29 is 23.1 Å². The fourth-order valence-corrected chi connectivity index (χ4v) is 2.76. The molecule has 1 unspecified atom stereocenters. The van der Waals surface area contributed by atoms with Gasteiger partial charge in [-0.2, -0.15) is 0 Å². The number of amides is 3. The monoisotopic (exact) mass is 361 g/mol. The van der Waals surface area contributed by atoms with Crippen LogP contribution in [0.25, 0.3) is 0 Å². The lowest BCUT2D eigenvalue weighted by atomic mass is 9.97. The van der Waals surface area contributed by atoms with E-state index in [1.165, 1.54) is 13.1 Å². The van der Waals surface area contributed by atoms with E-state index < -0.39 is 17.5 Å². The third-order valence-corrected chi connectivity index (χ3v) is 4.03. The maximum absolute atomic E-state index is 13.3. The first-order chi connectivity index (χ1) is 12.5. The molecule has 6 nitrogen and oxygen atoms in total. The van der Waals surface area contributed by atoms with E-state index >= 15 is 0 Å². The Labute approximate surface area is 148 Å². The van der Waals surface area contributed by atoms with Gasteiger partial charge in [0.2, 0.25) is 0 Å². The zero-order valence-electron chi connectivity index (χ0n) is 13.9. The van der Waals surface area contributed by atoms with Crippen LogP contribution in [0.1, 0.15) is 28.4 Å². The molecule has 0 aliphatic carbocycles. The minimum Gasteiger partial charge on any atom is -0.492 e. The lowest BCUT2D eigenvalue weighted by molar-refractivity contribution is 0.102. The van der Waals surface area contributed by atoms with E-state index in [1.807, 2.05) is 0 Å². The summed E-state index contributed by atoms with van der Waals surface area (Å²) in [5.41, 5.74) is 1.05. The number of para-hydroxylation sites is 1. The van der Waals surface area contributed by atoms with Crippen molar-refractivity contribution in [1.29, 1.82) is 0 Å². The molecular formula is C18H17F2N3O3. The summed E-state index contributed by atoms with van der Waals surface area (Å²) in [5, 5.41) is 7.81. The molecule has 0 bridgehead atoms. The lowest BCUT2D eigenvalue weighted by Gasteiger charge is -2.28. The predicted molar refractivity (Wildman–Crippen MR) is 91.2 cm³/mol. The average molecular weight is 361 g/mol. The van der Waals surface area contributed by atoms with Crippen molar-refractivity contribution in [3.8, 4) is 5.75 Å². The quantitative estimate of drug-likeness (QED) is 0.786. The van der Waals surface area contributed by atoms with Crippen LogP contribution in [0.4, 0.5) is 19.3 Å². The molecule has 8 heteroatoms. The van der Waals surface area contributed by atoms with E-state index in [1.54, 1.807) is 18.2 Å². The molecule has 0 saturated carbocycles. The zero-order chi connectivity index (χ0) is 18.7. The first-order valence-electron chi connectivity index (χ1n) is 8.00. The third-order valence-electron chi connectivity index (χ3n) is 4.03. The van der Waals surface area contributed by atoms with Gasteiger partial charge >= 0.3 is 6.03 Å². The number of fused-ring (bicyclic) bond motifs is 1. The van der Waals surface area contributed by atoms with Gasteiger partial charge in [0.15, 0.2) is 11.6 Å². The number of ether oxygens (including phenoxy) is 1. The second-order valence-electron chi connectivity index (χ2n) is 5.72. The normalized spacial score (nSPS) is 15.4. The van der Waals surface area contributed by atoms with Crippen LogP contribution in [0.15, 0.2) is 36.4 Å². The molecule has 2 aromatic rings. The SMILES string of the molecule is CNC(=O)NC1CCOc2c(C(=O)Nc3ccc(F)c(F)c3)cccc21. The molecule has 0 fully saturated rings. The van der Waals surface area contributed by atoms with Gasteiger partial charge in [-0.1, -0.05) is 12.1 Å². The summed E-state index contributed by atoms with van der Waals surface area (Å²) in [6.45, 7) is 0.330. The molecule has 0 saturated heterocycles. The highest BCUT2D eigenvalue weighted by Crippen LogP contribution is 2.35. The van der Waals surface area contributed by atoms with E-state index in [9.17, 15) is 18.4 Å². The number of rotatable bonds is 3. The van der Waals surface area contributed by atoms with Crippen LogP contribution in [0.2, 0.25) is 0 Å². The van der Waals surface area contributed by atoms with Gasteiger partial charge in [0.05, 0.1) is 18.2 Å². The van der Waals surface area contributed by atoms with Gasteiger partial charge in [0, 0.05) is 30.8 Å². The first kappa shape index (κ1) is 17.7. The smallest absolute Gasteiger partial charge is 0.315 e. The first-order valence-corrected chi connectivity index (χ1v) is 8.00. The molecule has 1 aliphatic heterocycles. The molecule has 26 heavy (non-hydrogen) atoms. The van der Waals surface area contributed by atoms with Crippen molar-refractivity contribution in [2.24, 2.45) is 0 Å². The topological polar surface area (TPSA) is 79.5 Å². The molecule has 3 N–H and O–H groups in total. The van der Waals surface area contributed by atoms with Crippen molar-refractivity contribution in [3.63, 3.8) is 0 Å². The summed E-state index contributed by atoms with van der Waals surface area (Å²) in [6, 6.07) is 7.48. The highest BCUT2D eigenvalue weighted by molar-refractivity contribution is 6.06. The molecule has 3 amide bonds. The molecule has 1 atom stereocenters. The lowest BCUT2D eigenvalue weighted by Crippen LogP contribution is -2.38. The van der Waals surface area contributed by atoms with Crippen LogP contribution in [-0.2, 0) is 0 Å². The van der Waals surface area contributed by atoms with E-state index in [2.05, 4.69) is 16.0 Å². The Kier molecular flexibility index (Phi) is 5.01. The van der Waals surface area contributed by atoms with Crippen molar-refractivity contribution in [2.45, 2.75) is 12.5 Å². The van der Waals surface area contributed by atoms with E-state index in [0.717, 1.165) is 12.1 Å². The highest BCUT2D eigenvalue weighted by atomic mass is 19.2. The molecule has 1 heterocycles. The number of anilines is 1. The number of carbonyl (C=O) groups is 2. The van der Waals surface area contributed by atoms with E-state index in [-0.39, 0.29) is 23.3 Å². The Balaban J connectivity index is 1.86. The van der Waals surface area contributed by atoms with Crippen LogP contribution < -0.4 is 20.7 Å². The minimum atomic E-state index is -1.05. The molecule has 0 spiro atoms. The van der Waals surface area contributed by atoms with Crippen molar-refractivity contribution >= 4 is 17.6 Å². The summed E-state index contributed by atoms with van der Waals surface area (Å²) in [4.78, 5) is 24.2. The number of hydrogen-bond acceptors (Lipinski definition) is 3. The van der Waals surface area contributed by atoms with Gasteiger partial charge in [-0.25, -0.2) is 13.6 Å². The minimum absolute atomic E-state index is 0.127. The van der Waals surface area contributed by atoms with Gasteiger partial charge in [-0.15, -0.1) is 0 Å². The van der Waals surface area contributed by atoms with Crippen molar-refractivity contribution in [3.05, 3.63) is 59.2 Å². The van der Waals surface area contributed by atoms with Crippen LogP contribution in [-0.4, -0.2) is 25.6 Å². The maximum atomic E-state index is 13.3. The molecule has 136 valence electrons. The summed E-state index contributed by atoms with van der Waals surface area (Å²) < 4.78 is 32.0. The van der Waals surface area contributed by atoms with Crippen LogP contribution >= 0.6 is 0 Å². The molecular weight excluding hydrogens is 344 g/mol. The van der Waals surface area contributed by atoms with Crippen LogP contribution in [0, 0.1) is 11.6 Å². The van der Waals surface area contributed by atoms with Gasteiger partial charge in [0.1, 0.15) is 5.75 Å². The Morgan fingerprint density at radius 3 is 2.69 bits per heavy atom. The standard InChI is InChI=1S/C18H17F2N3O3/c1-21-18(25)23-15-7-8-26-16-11(15)3-2-4-12(16)17(24)22-10-5-6-13(19)14(20)9-10/h2-6,9,15H,7-8H2,1H3,(H,22,24)(H2,21,23,25). The summed E-state index contributed by atoms with van der Waals surface area (Å²) in [5.74, 6) is -2.20. The van der Waals surface area contributed by atoms with E-state index in [0.29, 0.717) is 24.3 Å². The molecule has 3 rings (SSSR count). The van der Waals surface area contributed by atoms with Gasteiger partial charge < -0.3 is 20.7 Å². The van der Waals surface area contributed by atoms with Gasteiger partial charge in [0.25, 0.3) is 5.91 Å². The third kappa shape index (κ3) is 3.58. The maximum Gasteiger partial charge on any atom is 0.315 e. The number of benzene rings is 2. The summed E-state index contributed by atoms with van der Waals surface area (Å²) in [7, 11) is 1.52. The number of urea groups is 1. The zero-order valence-corrected chi connectivity index (χ0v) is 13.9. The molecule has 0 radical (unpaired) electrons. The number of carbonyl (C=O) groups excluding carboxylic acids is 2. The van der Waals surface area contributed by atoms with E-state index in [4.69, 9.17) is 4.74 Å². The number of hydrogen-bond donors (Lipinski definition) is 3. The second-order valence-corrected chi connectivity index (χ2v) is 5.72. The molecule has 0 aromatic heterocycles. The van der Waals surface area contributed by atoms with Crippen LogP contribution in [0.3, 0.4) is 0 Å². The van der Waals surface area contributed by atoms with Gasteiger partial charge in [-0.3, -0.25) is 4.79 Å².